The Morgan fingerprint density at radius 3 is 2.40 bits per heavy atom. The van der Waals surface area contributed by atoms with Gasteiger partial charge in [-0.1, -0.05) is 32.0 Å². The monoisotopic (exact) mass is 341 g/mol. The molecule has 5 heteroatoms. The van der Waals surface area contributed by atoms with E-state index in [-0.39, 0.29) is 12.5 Å². The smallest absolute Gasteiger partial charge is 0.337 e. The van der Waals surface area contributed by atoms with E-state index in [0.29, 0.717) is 17.2 Å². The summed E-state index contributed by atoms with van der Waals surface area (Å²) in [5.41, 5.74) is 2.12. The molecule has 0 fully saturated rings. The maximum absolute atomic E-state index is 12.1. The maximum Gasteiger partial charge on any atom is 0.337 e. The fraction of sp³-hybridized carbons (Fsp3) is 0.300. The molecule has 0 aliphatic carbocycles. The molecule has 1 atom stereocenters. The summed E-state index contributed by atoms with van der Waals surface area (Å²) in [6.07, 6.45) is 0.999. The van der Waals surface area contributed by atoms with Crippen molar-refractivity contribution < 1.29 is 19.1 Å². The van der Waals surface area contributed by atoms with Gasteiger partial charge in [-0.15, -0.1) is 0 Å². The summed E-state index contributed by atoms with van der Waals surface area (Å²) in [7, 11) is 1.33. The third-order valence-corrected chi connectivity index (χ3v) is 4.01. The van der Waals surface area contributed by atoms with Gasteiger partial charge in [-0.3, -0.25) is 4.79 Å². The highest BCUT2D eigenvalue weighted by Crippen LogP contribution is 2.28. The first kappa shape index (κ1) is 18.5. The van der Waals surface area contributed by atoms with Gasteiger partial charge in [0.25, 0.3) is 5.91 Å². The second-order valence-electron chi connectivity index (χ2n) is 5.75. The van der Waals surface area contributed by atoms with Crippen LogP contribution in [0.5, 0.6) is 5.75 Å². The van der Waals surface area contributed by atoms with Crippen molar-refractivity contribution in [2.24, 2.45) is 0 Å². The van der Waals surface area contributed by atoms with Gasteiger partial charge in [0.15, 0.2) is 6.61 Å². The van der Waals surface area contributed by atoms with Crippen molar-refractivity contribution in [3.63, 3.8) is 0 Å². The molecule has 2 aromatic carbocycles. The number of hydrogen-bond acceptors (Lipinski definition) is 4. The van der Waals surface area contributed by atoms with Crippen LogP contribution in [0.4, 0.5) is 5.69 Å². The van der Waals surface area contributed by atoms with Crippen LogP contribution in [0.25, 0.3) is 0 Å². The molecular formula is C20H23NO4. The normalized spacial score (nSPS) is 11.5. The number of benzene rings is 2. The molecule has 0 spiro atoms. The summed E-state index contributed by atoms with van der Waals surface area (Å²) in [5.74, 6) is 0.422. The van der Waals surface area contributed by atoms with Gasteiger partial charge in [0, 0.05) is 5.69 Å². The lowest BCUT2D eigenvalue weighted by Crippen LogP contribution is -2.20. The van der Waals surface area contributed by atoms with Crippen LogP contribution < -0.4 is 10.1 Å². The molecule has 2 rings (SSSR count). The van der Waals surface area contributed by atoms with Crippen LogP contribution in [-0.2, 0) is 9.53 Å². The molecule has 0 aliphatic rings. The maximum atomic E-state index is 12.1. The van der Waals surface area contributed by atoms with Crippen molar-refractivity contribution in [2.45, 2.75) is 26.2 Å². The number of para-hydroxylation sites is 1. The van der Waals surface area contributed by atoms with Crippen LogP contribution >= 0.6 is 0 Å². The molecule has 0 aliphatic heterocycles. The van der Waals surface area contributed by atoms with Crippen molar-refractivity contribution in [3.8, 4) is 5.75 Å². The number of rotatable bonds is 7. The minimum atomic E-state index is -0.414. The largest absolute Gasteiger partial charge is 0.483 e. The molecule has 2 aromatic rings. The van der Waals surface area contributed by atoms with Gasteiger partial charge >= 0.3 is 5.97 Å². The van der Waals surface area contributed by atoms with E-state index in [1.54, 1.807) is 24.3 Å². The molecule has 0 saturated heterocycles. The van der Waals surface area contributed by atoms with Gasteiger partial charge in [-0.25, -0.2) is 4.79 Å². The summed E-state index contributed by atoms with van der Waals surface area (Å²) < 4.78 is 10.3. The summed E-state index contributed by atoms with van der Waals surface area (Å²) in [6.45, 7) is 4.17. The first-order valence-corrected chi connectivity index (χ1v) is 8.25. The van der Waals surface area contributed by atoms with Gasteiger partial charge in [0.05, 0.1) is 12.7 Å². The van der Waals surface area contributed by atoms with Crippen LogP contribution in [0, 0.1) is 0 Å². The third kappa shape index (κ3) is 5.08. The van der Waals surface area contributed by atoms with E-state index in [9.17, 15) is 9.59 Å². The van der Waals surface area contributed by atoms with Crippen molar-refractivity contribution >= 4 is 17.6 Å². The summed E-state index contributed by atoms with van der Waals surface area (Å²) in [5, 5.41) is 2.74. The van der Waals surface area contributed by atoms with E-state index in [0.717, 1.165) is 17.7 Å². The topological polar surface area (TPSA) is 64.6 Å². The van der Waals surface area contributed by atoms with Crippen molar-refractivity contribution in [1.82, 2.24) is 0 Å². The van der Waals surface area contributed by atoms with Gasteiger partial charge < -0.3 is 14.8 Å². The van der Waals surface area contributed by atoms with Crippen LogP contribution in [0.15, 0.2) is 48.5 Å². The molecular weight excluding hydrogens is 318 g/mol. The molecule has 1 unspecified atom stereocenters. The minimum Gasteiger partial charge on any atom is -0.483 e. The molecule has 0 heterocycles. The lowest BCUT2D eigenvalue weighted by molar-refractivity contribution is -0.118. The number of anilines is 1. The molecule has 0 radical (unpaired) electrons. The number of esters is 1. The number of ether oxygens (including phenoxy) is 2. The highest BCUT2D eigenvalue weighted by atomic mass is 16.5. The molecule has 1 amide bonds. The quantitative estimate of drug-likeness (QED) is 0.773. The molecule has 0 bridgehead atoms. The van der Waals surface area contributed by atoms with Crippen molar-refractivity contribution in [1.29, 1.82) is 0 Å². The van der Waals surface area contributed by atoms with E-state index < -0.39 is 5.97 Å². The van der Waals surface area contributed by atoms with Crippen LogP contribution in [0.3, 0.4) is 0 Å². The molecule has 0 aromatic heterocycles. The summed E-state index contributed by atoms with van der Waals surface area (Å²) in [6, 6.07) is 14.3. The average molecular weight is 341 g/mol. The van der Waals surface area contributed by atoms with Crippen LogP contribution in [-0.4, -0.2) is 25.6 Å². The predicted molar refractivity (Wildman–Crippen MR) is 97.1 cm³/mol. The Kier molecular flexibility index (Phi) is 6.57. The number of hydrogen-bond donors (Lipinski definition) is 1. The van der Waals surface area contributed by atoms with E-state index in [2.05, 4.69) is 23.9 Å². The van der Waals surface area contributed by atoms with Crippen LogP contribution in [0.1, 0.15) is 42.1 Å². The molecule has 132 valence electrons. The highest BCUT2D eigenvalue weighted by molar-refractivity contribution is 5.93. The Morgan fingerprint density at radius 2 is 1.76 bits per heavy atom. The van der Waals surface area contributed by atoms with Gasteiger partial charge in [-0.2, -0.15) is 0 Å². The highest BCUT2D eigenvalue weighted by Gasteiger charge is 2.11. The Labute approximate surface area is 148 Å². The zero-order valence-corrected chi connectivity index (χ0v) is 14.7. The number of methoxy groups -OCH3 is 1. The van der Waals surface area contributed by atoms with Gasteiger partial charge in [0.1, 0.15) is 5.75 Å². The van der Waals surface area contributed by atoms with Crippen molar-refractivity contribution in [3.05, 3.63) is 59.7 Å². The molecule has 1 N–H and O–H groups in total. The predicted octanol–water partition coefficient (Wildman–Crippen LogP) is 4.00. The fourth-order valence-electron chi connectivity index (χ4n) is 2.39. The average Bonchev–Trinajstić information content (AvgIpc) is 2.66. The minimum absolute atomic E-state index is 0.0772. The first-order chi connectivity index (χ1) is 12.0. The standard InChI is InChI=1S/C20H23NO4/c1-4-14(2)17-7-5-6-8-18(17)25-13-19(22)21-16-11-9-15(10-12-16)20(23)24-3/h5-12,14H,4,13H2,1-3H3,(H,21,22). The fourth-order valence-corrected chi connectivity index (χ4v) is 2.39. The second kappa shape index (κ2) is 8.87. The van der Waals surface area contributed by atoms with E-state index >= 15 is 0 Å². The number of carbonyl (C=O) groups excluding carboxylic acids is 2. The van der Waals surface area contributed by atoms with E-state index in [4.69, 9.17) is 4.74 Å². The molecule has 5 nitrogen and oxygen atoms in total. The van der Waals surface area contributed by atoms with Gasteiger partial charge in [-0.05, 0) is 48.2 Å². The van der Waals surface area contributed by atoms with E-state index in [1.165, 1.54) is 7.11 Å². The lowest BCUT2D eigenvalue weighted by Gasteiger charge is -2.15. The van der Waals surface area contributed by atoms with Gasteiger partial charge in [0.2, 0.25) is 0 Å². The number of nitrogens with one attached hydrogen (secondary N) is 1. The van der Waals surface area contributed by atoms with Crippen LogP contribution in [0.2, 0.25) is 0 Å². The Balaban J connectivity index is 1.94. The number of carbonyl (C=O) groups is 2. The summed E-state index contributed by atoms with van der Waals surface area (Å²) >= 11 is 0. The second-order valence-corrected chi connectivity index (χ2v) is 5.75. The Bertz CT molecular complexity index is 725. The number of amides is 1. The van der Waals surface area contributed by atoms with E-state index in [1.807, 2.05) is 24.3 Å². The third-order valence-electron chi connectivity index (χ3n) is 4.01. The summed E-state index contributed by atoms with van der Waals surface area (Å²) in [4.78, 5) is 23.5. The Morgan fingerprint density at radius 1 is 1.08 bits per heavy atom. The first-order valence-electron chi connectivity index (χ1n) is 8.25. The molecule has 0 saturated carbocycles. The lowest BCUT2D eigenvalue weighted by atomic mass is 9.98. The zero-order chi connectivity index (χ0) is 18.2. The molecule has 25 heavy (non-hydrogen) atoms. The zero-order valence-electron chi connectivity index (χ0n) is 14.7. The van der Waals surface area contributed by atoms with Crippen molar-refractivity contribution in [2.75, 3.05) is 19.0 Å². The Hall–Kier alpha value is -2.82. The SMILES string of the molecule is CCC(C)c1ccccc1OCC(=O)Nc1ccc(C(=O)OC)cc1.